The molecule has 0 bridgehead atoms. The summed E-state index contributed by atoms with van der Waals surface area (Å²) in [7, 11) is -3.51. The van der Waals surface area contributed by atoms with E-state index in [-0.39, 0.29) is 17.2 Å². The molecular formula is C12H14N2O3S. The fourth-order valence-corrected chi connectivity index (χ4v) is 2.85. The van der Waals surface area contributed by atoms with Crippen molar-refractivity contribution < 1.29 is 13.2 Å². The van der Waals surface area contributed by atoms with Crippen LogP contribution in [-0.2, 0) is 21.2 Å². The summed E-state index contributed by atoms with van der Waals surface area (Å²) in [5, 5.41) is 2.66. The number of anilines is 1. The second kappa shape index (κ2) is 4.91. The molecule has 1 aliphatic heterocycles. The number of fused-ring (bicyclic) bond motifs is 1. The van der Waals surface area contributed by atoms with Crippen molar-refractivity contribution in [2.45, 2.75) is 17.7 Å². The van der Waals surface area contributed by atoms with Gasteiger partial charge in [-0.05, 0) is 30.2 Å². The van der Waals surface area contributed by atoms with Gasteiger partial charge < -0.3 is 5.32 Å². The van der Waals surface area contributed by atoms with Crippen LogP contribution < -0.4 is 10.0 Å². The van der Waals surface area contributed by atoms with Gasteiger partial charge in [0.2, 0.25) is 15.9 Å². The number of nitrogens with one attached hydrogen (secondary N) is 2. The lowest BCUT2D eigenvalue weighted by Gasteiger charge is -2.07. The highest BCUT2D eigenvalue weighted by Crippen LogP contribution is 2.25. The summed E-state index contributed by atoms with van der Waals surface area (Å²) in [6.07, 6.45) is 2.45. The summed E-state index contributed by atoms with van der Waals surface area (Å²) in [5.41, 5.74) is 1.40. The Morgan fingerprint density at radius 2 is 2.22 bits per heavy atom. The molecule has 2 N–H and O–H groups in total. The summed E-state index contributed by atoms with van der Waals surface area (Å²) in [6, 6.07) is 4.63. The van der Waals surface area contributed by atoms with Crippen LogP contribution in [0.5, 0.6) is 0 Å². The molecular weight excluding hydrogens is 252 g/mol. The third-order valence-electron chi connectivity index (χ3n) is 2.65. The first-order chi connectivity index (χ1) is 8.53. The maximum absolute atomic E-state index is 11.9. The molecule has 0 unspecified atom stereocenters. The van der Waals surface area contributed by atoms with Gasteiger partial charge in [-0.1, -0.05) is 6.08 Å². The Bertz CT molecular complexity index is 593. The predicted octanol–water partition coefficient (Wildman–Crippen LogP) is 1.04. The van der Waals surface area contributed by atoms with E-state index in [4.69, 9.17) is 0 Å². The fraction of sp³-hybridized carbons (Fsp3) is 0.250. The summed E-state index contributed by atoms with van der Waals surface area (Å²) < 4.78 is 26.3. The first-order valence-electron chi connectivity index (χ1n) is 5.56. The Labute approximate surface area is 106 Å². The van der Waals surface area contributed by atoms with Crippen LogP contribution in [0.15, 0.2) is 35.7 Å². The van der Waals surface area contributed by atoms with Crippen molar-refractivity contribution in [2.24, 2.45) is 0 Å². The molecule has 0 atom stereocenters. The molecule has 1 aromatic carbocycles. The van der Waals surface area contributed by atoms with Crippen LogP contribution in [0, 0.1) is 0 Å². The van der Waals surface area contributed by atoms with Gasteiger partial charge in [-0.2, -0.15) is 0 Å². The molecule has 0 saturated heterocycles. The number of rotatable bonds is 5. The smallest absolute Gasteiger partial charge is 0.240 e. The lowest BCUT2D eigenvalue weighted by molar-refractivity contribution is -0.115. The number of hydrogen-bond donors (Lipinski definition) is 2. The van der Waals surface area contributed by atoms with Gasteiger partial charge in [-0.25, -0.2) is 13.1 Å². The zero-order valence-corrected chi connectivity index (χ0v) is 10.6. The molecule has 6 heteroatoms. The average molecular weight is 266 g/mol. The molecule has 0 spiro atoms. The van der Waals surface area contributed by atoms with Crippen molar-refractivity contribution in [3.63, 3.8) is 0 Å². The van der Waals surface area contributed by atoms with Crippen LogP contribution >= 0.6 is 0 Å². The first-order valence-corrected chi connectivity index (χ1v) is 7.04. The first kappa shape index (κ1) is 12.8. The summed E-state index contributed by atoms with van der Waals surface area (Å²) in [6.45, 7) is 3.85. The standard InChI is InChI=1S/C12H14N2O3S/c1-2-3-6-13-18(16,17)10-4-5-11-9(7-10)8-12(15)14-11/h2,4-5,7,13H,1,3,6,8H2,(H,14,15). The molecule has 1 aliphatic rings. The molecule has 2 rings (SSSR count). The quantitative estimate of drug-likeness (QED) is 0.617. The Morgan fingerprint density at radius 3 is 2.94 bits per heavy atom. The highest BCUT2D eigenvalue weighted by atomic mass is 32.2. The van der Waals surface area contributed by atoms with Crippen LogP contribution in [0.1, 0.15) is 12.0 Å². The van der Waals surface area contributed by atoms with Crippen molar-refractivity contribution in [3.8, 4) is 0 Å². The largest absolute Gasteiger partial charge is 0.326 e. The predicted molar refractivity (Wildman–Crippen MR) is 68.8 cm³/mol. The molecule has 0 aliphatic carbocycles. The van der Waals surface area contributed by atoms with E-state index in [0.29, 0.717) is 24.2 Å². The van der Waals surface area contributed by atoms with Gasteiger partial charge in [0.25, 0.3) is 0 Å². The molecule has 1 aromatic rings. The van der Waals surface area contributed by atoms with E-state index in [1.54, 1.807) is 12.1 Å². The van der Waals surface area contributed by atoms with Gasteiger partial charge in [0.1, 0.15) is 0 Å². The minimum Gasteiger partial charge on any atom is -0.326 e. The molecule has 0 fully saturated rings. The van der Waals surface area contributed by atoms with E-state index < -0.39 is 10.0 Å². The number of hydrogen-bond acceptors (Lipinski definition) is 3. The van der Waals surface area contributed by atoms with Crippen molar-refractivity contribution in [2.75, 3.05) is 11.9 Å². The minimum atomic E-state index is -3.51. The Hall–Kier alpha value is -1.66. The van der Waals surface area contributed by atoms with Crippen LogP contribution in [0.3, 0.4) is 0 Å². The molecule has 5 nitrogen and oxygen atoms in total. The van der Waals surface area contributed by atoms with Gasteiger partial charge in [0.15, 0.2) is 0 Å². The third kappa shape index (κ3) is 2.60. The van der Waals surface area contributed by atoms with Crippen LogP contribution in [-0.4, -0.2) is 20.9 Å². The molecule has 1 heterocycles. The molecule has 0 radical (unpaired) electrons. The van der Waals surface area contributed by atoms with Gasteiger partial charge >= 0.3 is 0 Å². The van der Waals surface area contributed by atoms with E-state index in [0.717, 1.165) is 0 Å². The molecule has 18 heavy (non-hydrogen) atoms. The lowest BCUT2D eigenvalue weighted by atomic mass is 10.2. The molecule has 0 saturated carbocycles. The van der Waals surface area contributed by atoms with E-state index in [1.165, 1.54) is 12.1 Å². The summed E-state index contributed by atoms with van der Waals surface area (Å²) in [5.74, 6) is -0.112. The van der Waals surface area contributed by atoms with Gasteiger partial charge in [-0.15, -0.1) is 6.58 Å². The van der Waals surface area contributed by atoms with Gasteiger partial charge in [0.05, 0.1) is 11.3 Å². The lowest BCUT2D eigenvalue weighted by Crippen LogP contribution is -2.24. The monoisotopic (exact) mass is 266 g/mol. The molecule has 1 amide bonds. The number of carbonyl (C=O) groups excluding carboxylic acids is 1. The van der Waals surface area contributed by atoms with Gasteiger partial charge in [0, 0.05) is 12.2 Å². The van der Waals surface area contributed by atoms with Crippen molar-refractivity contribution >= 4 is 21.6 Å². The van der Waals surface area contributed by atoms with Crippen molar-refractivity contribution in [1.29, 1.82) is 0 Å². The summed E-state index contributed by atoms with van der Waals surface area (Å²) in [4.78, 5) is 11.4. The minimum absolute atomic E-state index is 0.112. The number of benzene rings is 1. The van der Waals surface area contributed by atoms with E-state index in [9.17, 15) is 13.2 Å². The third-order valence-corrected chi connectivity index (χ3v) is 4.11. The number of sulfonamides is 1. The fourth-order valence-electron chi connectivity index (χ4n) is 1.75. The van der Waals surface area contributed by atoms with Gasteiger partial charge in [-0.3, -0.25) is 4.79 Å². The molecule has 0 aromatic heterocycles. The Morgan fingerprint density at radius 1 is 1.44 bits per heavy atom. The second-order valence-corrected chi connectivity index (χ2v) is 5.79. The average Bonchev–Trinajstić information content (AvgIpc) is 2.68. The van der Waals surface area contributed by atoms with E-state index in [2.05, 4.69) is 16.6 Å². The number of carbonyl (C=O) groups is 1. The maximum Gasteiger partial charge on any atom is 0.240 e. The topological polar surface area (TPSA) is 75.3 Å². The maximum atomic E-state index is 11.9. The highest BCUT2D eigenvalue weighted by molar-refractivity contribution is 7.89. The van der Waals surface area contributed by atoms with E-state index >= 15 is 0 Å². The van der Waals surface area contributed by atoms with Crippen LogP contribution in [0.2, 0.25) is 0 Å². The Kier molecular flexibility index (Phi) is 3.49. The normalized spacial score (nSPS) is 14.1. The van der Waals surface area contributed by atoms with Crippen molar-refractivity contribution in [3.05, 3.63) is 36.4 Å². The number of amides is 1. The van der Waals surface area contributed by atoms with Crippen LogP contribution in [0.4, 0.5) is 5.69 Å². The van der Waals surface area contributed by atoms with Crippen molar-refractivity contribution in [1.82, 2.24) is 4.72 Å². The Balaban J connectivity index is 2.22. The SMILES string of the molecule is C=CCCNS(=O)(=O)c1ccc2c(c1)CC(=O)N2. The summed E-state index contributed by atoms with van der Waals surface area (Å²) >= 11 is 0. The zero-order valence-electron chi connectivity index (χ0n) is 9.77. The van der Waals surface area contributed by atoms with Crippen LogP contribution in [0.25, 0.3) is 0 Å². The zero-order chi connectivity index (χ0) is 13.2. The second-order valence-electron chi connectivity index (χ2n) is 4.02. The molecule has 96 valence electrons. The highest BCUT2D eigenvalue weighted by Gasteiger charge is 2.21. The van der Waals surface area contributed by atoms with E-state index in [1.807, 2.05) is 0 Å².